The van der Waals surface area contributed by atoms with E-state index in [1.807, 2.05) is 30.3 Å². The molecule has 0 aliphatic carbocycles. The number of carbonyl (C=O) groups is 1. The molecule has 0 spiro atoms. The molecule has 1 saturated heterocycles. The van der Waals surface area contributed by atoms with Crippen molar-refractivity contribution in [1.82, 2.24) is 9.88 Å². The molecule has 1 aliphatic rings. The normalized spacial score (nSPS) is 24.4. The standard InChI is InChI=1S/C16H18N2O3S/c1-11-12(2)22(20,21)10-9-18(11)16(19)15-14-6-4-3-5-13(14)7-8-17-15/h3-8,11-12H,9-10H2,1-2H3/t11-,12-/m1/s1. The number of amides is 1. The van der Waals surface area contributed by atoms with E-state index in [-0.39, 0.29) is 24.2 Å². The first-order valence-corrected chi connectivity index (χ1v) is 8.99. The molecule has 1 amide bonds. The van der Waals surface area contributed by atoms with Crippen LogP contribution in [0.1, 0.15) is 24.3 Å². The molecular weight excluding hydrogens is 300 g/mol. The lowest BCUT2D eigenvalue weighted by molar-refractivity contribution is 0.0689. The van der Waals surface area contributed by atoms with Crippen molar-refractivity contribution in [3.63, 3.8) is 0 Å². The second-order valence-electron chi connectivity index (χ2n) is 5.69. The second kappa shape index (κ2) is 5.35. The van der Waals surface area contributed by atoms with Crippen LogP contribution in [0.2, 0.25) is 0 Å². The fraction of sp³-hybridized carbons (Fsp3) is 0.375. The molecule has 3 rings (SSSR count). The van der Waals surface area contributed by atoms with E-state index in [1.165, 1.54) is 0 Å². The van der Waals surface area contributed by atoms with Crippen LogP contribution in [0.5, 0.6) is 0 Å². The molecular formula is C16H18N2O3S. The molecule has 1 aromatic heterocycles. The third kappa shape index (κ3) is 2.37. The van der Waals surface area contributed by atoms with Gasteiger partial charge in [-0.1, -0.05) is 24.3 Å². The lowest BCUT2D eigenvalue weighted by Gasteiger charge is -2.37. The fourth-order valence-electron chi connectivity index (χ4n) is 2.88. The Kier molecular flexibility index (Phi) is 3.64. The molecule has 0 radical (unpaired) electrons. The summed E-state index contributed by atoms with van der Waals surface area (Å²) < 4.78 is 23.9. The number of nitrogens with zero attached hydrogens (tertiary/aromatic N) is 2. The number of carbonyl (C=O) groups excluding carboxylic acids is 1. The van der Waals surface area contributed by atoms with Crippen LogP contribution in [0.15, 0.2) is 36.5 Å². The van der Waals surface area contributed by atoms with Gasteiger partial charge in [0.05, 0.1) is 11.0 Å². The van der Waals surface area contributed by atoms with Crippen molar-refractivity contribution in [2.75, 3.05) is 12.3 Å². The van der Waals surface area contributed by atoms with Gasteiger partial charge >= 0.3 is 0 Å². The van der Waals surface area contributed by atoms with E-state index in [2.05, 4.69) is 4.98 Å². The largest absolute Gasteiger partial charge is 0.332 e. The van der Waals surface area contributed by atoms with Crippen molar-refractivity contribution >= 4 is 26.5 Å². The summed E-state index contributed by atoms with van der Waals surface area (Å²) in [5.74, 6) is -0.194. The maximum Gasteiger partial charge on any atom is 0.273 e. The third-order valence-corrected chi connectivity index (χ3v) is 6.77. The van der Waals surface area contributed by atoms with Gasteiger partial charge in [-0.05, 0) is 25.3 Å². The highest BCUT2D eigenvalue weighted by molar-refractivity contribution is 7.92. The predicted octanol–water partition coefficient (Wildman–Crippen LogP) is 1.88. The Balaban J connectivity index is 2.00. The number of hydrogen-bond donors (Lipinski definition) is 0. The third-order valence-electron chi connectivity index (χ3n) is 4.49. The van der Waals surface area contributed by atoms with Gasteiger partial charge in [0.1, 0.15) is 5.69 Å². The van der Waals surface area contributed by atoms with Crippen LogP contribution in [-0.2, 0) is 9.84 Å². The number of fused-ring (bicyclic) bond motifs is 1. The SMILES string of the molecule is C[C@@H]1[C@@H](C)S(=O)(=O)CCN1C(=O)c1nccc2ccccc12. The Morgan fingerprint density at radius 3 is 2.73 bits per heavy atom. The molecule has 116 valence electrons. The van der Waals surface area contributed by atoms with Crippen molar-refractivity contribution in [3.8, 4) is 0 Å². The van der Waals surface area contributed by atoms with Crippen LogP contribution in [-0.4, -0.2) is 47.8 Å². The smallest absolute Gasteiger partial charge is 0.273 e. The highest BCUT2D eigenvalue weighted by Crippen LogP contribution is 2.24. The van der Waals surface area contributed by atoms with Gasteiger partial charge in [0.2, 0.25) is 0 Å². The molecule has 1 aromatic carbocycles. The summed E-state index contributed by atoms with van der Waals surface area (Å²) in [5, 5.41) is 1.19. The average Bonchev–Trinajstić information content (AvgIpc) is 2.52. The van der Waals surface area contributed by atoms with Gasteiger partial charge in [-0.15, -0.1) is 0 Å². The number of aromatic nitrogens is 1. The van der Waals surface area contributed by atoms with Crippen LogP contribution in [0.3, 0.4) is 0 Å². The first kappa shape index (κ1) is 15.0. The molecule has 2 aromatic rings. The van der Waals surface area contributed by atoms with E-state index in [9.17, 15) is 13.2 Å². The van der Waals surface area contributed by atoms with Crippen LogP contribution in [0, 0.1) is 0 Å². The van der Waals surface area contributed by atoms with E-state index in [0.29, 0.717) is 5.69 Å². The van der Waals surface area contributed by atoms with Crippen LogP contribution in [0.25, 0.3) is 10.8 Å². The van der Waals surface area contributed by atoms with Crippen LogP contribution in [0.4, 0.5) is 0 Å². The number of pyridine rings is 1. The van der Waals surface area contributed by atoms with Gasteiger partial charge in [-0.3, -0.25) is 9.78 Å². The maximum absolute atomic E-state index is 12.8. The van der Waals surface area contributed by atoms with E-state index in [4.69, 9.17) is 0 Å². The molecule has 0 unspecified atom stereocenters. The summed E-state index contributed by atoms with van der Waals surface area (Å²) in [4.78, 5) is 18.7. The Hall–Kier alpha value is -1.95. The Morgan fingerprint density at radius 1 is 1.23 bits per heavy atom. The summed E-state index contributed by atoms with van der Waals surface area (Å²) >= 11 is 0. The van der Waals surface area contributed by atoms with E-state index >= 15 is 0 Å². The molecule has 22 heavy (non-hydrogen) atoms. The van der Waals surface area contributed by atoms with Crippen molar-refractivity contribution < 1.29 is 13.2 Å². The zero-order valence-electron chi connectivity index (χ0n) is 12.6. The summed E-state index contributed by atoms with van der Waals surface area (Å²) in [6.07, 6.45) is 1.62. The molecule has 2 atom stereocenters. The zero-order valence-corrected chi connectivity index (χ0v) is 13.4. The van der Waals surface area contributed by atoms with Gasteiger partial charge < -0.3 is 4.90 Å². The topological polar surface area (TPSA) is 67.3 Å². The second-order valence-corrected chi connectivity index (χ2v) is 8.17. The zero-order chi connectivity index (χ0) is 15.9. The van der Waals surface area contributed by atoms with Crippen LogP contribution >= 0.6 is 0 Å². The quantitative estimate of drug-likeness (QED) is 0.805. The molecule has 1 fully saturated rings. The Labute approximate surface area is 129 Å². The molecule has 5 nitrogen and oxygen atoms in total. The summed E-state index contributed by atoms with van der Waals surface area (Å²) in [5.41, 5.74) is 0.386. The Morgan fingerprint density at radius 2 is 1.95 bits per heavy atom. The molecule has 0 N–H and O–H groups in total. The van der Waals surface area contributed by atoms with Gasteiger partial charge in [0.15, 0.2) is 9.84 Å². The van der Waals surface area contributed by atoms with Crippen molar-refractivity contribution in [1.29, 1.82) is 0 Å². The van der Waals surface area contributed by atoms with Crippen molar-refractivity contribution in [2.24, 2.45) is 0 Å². The van der Waals surface area contributed by atoms with E-state index in [0.717, 1.165) is 10.8 Å². The molecule has 0 saturated carbocycles. The molecule has 2 heterocycles. The first-order chi connectivity index (χ1) is 10.4. The number of benzene rings is 1. The van der Waals surface area contributed by atoms with Gasteiger partial charge in [-0.25, -0.2) is 8.42 Å². The number of rotatable bonds is 1. The minimum atomic E-state index is -3.12. The van der Waals surface area contributed by atoms with Gasteiger partial charge in [0.25, 0.3) is 5.91 Å². The highest BCUT2D eigenvalue weighted by atomic mass is 32.2. The molecule has 0 bridgehead atoms. The van der Waals surface area contributed by atoms with Gasteiger partial charge in [-0.2, -0.15) is 0 Å². The monoisotopic (exact) mass is 318 g/mol. The first-order valence-electron chi connectivity index (χ1n) is 7.28. The lowest BCUT2D eigenvalue weighted by Crippen LogP contribution is -2.54. The summed E-state index contributed by atoms with van der Waals surface area (Å²) in [7, 11) is -3.12. The minimum absolute atomic E-state index is 0.00894. The van der Waals surface area contributed by atoms with Gasteiger partial charge in [0, 0.05) is 24.2 Å². The van der Waals surface area contributed by atoms with Crippen LogP contribution < -0.4 is 0 Å². The minimum Gasteiger partial charge on any atom is -0.332 e. The fourth-order valence-corrected chi connectivity index (χ4v) is 4.45. The summed E-state index contributed by atoms with van der Waals surface area (Å²) in [6, 6.07) is 9.08. The number of hydrogen-bond acceptors (Lipinski definition) is 4. The maximum atomic E-state index is 12.8. The average molecular weight is 318 g/mol. The lowest BCUT2D eigenvalue weighted by atomic mass is 10.1. The van der Waals surface area contributed by atoms with Crippen molar-refractivity contribution in [2.45, 2.75) is 25.1 Å². The number of sulfone groups is 1. The van der Waals surface area contributed by atoms with Crippen molar-refractivity contribution in [3.05, 3.63) is 42.2 Å². The summed E-state index contributed by atoms with van der Waals surface area (Å²) in [6.45, 7) is 3.66. The Bertz CT molecular complexity index is 827. The predicted molar refractivity (Wildman–Crippen MR) is 85.5 cm³/mol. The molecule has 1 aliphatic heterocycles. The van der Waals surface area contributed by atoms with E-state index < -0.39 is 15.1 Å². The van der Waals surface area contributed by atoms with E-state index in [1.54, 1.807) is 24.9 Å². The molecule has 6 heteroatoms. The highest BCUT2D eigenvalue weighted by Gasteiger charge is 2.38.